The average molecular weight is 212 g/mol. The van der Waals surface area contributed by atoms with Gasteiger partial charge in [-0.15, -0.1) is 0 Å². The van der Waals surface area contributed by atoms with E-state index in [9.17, 15) is 9.59 Å². The van der Waals surface area contributed by atoms with Crippen molar-refractivity contribution in [1.82, 2.24) is 0 Å². The zero-order valence-corrected chi connectivity index (χ0v) is 9.55. The van der Waals surface area contributed by atoms with Crippen LogP contribution >= 0.6 is 0 Å². The summed E-state index contributed by atoms with van der Waals surface area (Å²) >= 11 is 0. The highest BCUT2D eigenvalue weighted by atomic mass is 16.6. The minimum absolute atomic E-state index is 0.0863. The Morgan fingerprint density at radius 1 is 1.00 bits per heavy atom. The van der Waals surface area contributed by atoms with Crippen molar-refractivity contribution in [2.24, 2.45) is 0 Å². The number of carbonyl (C=O) groups is 2. The molecular formula is C11H16O4. The van der Waals surface area contributed by atoms with Crippen molar-refractivity contribution in [3.05, 3.63) is 24.3 Å². The molecule has 0 aliphatic carbocycles. The predicted octanol–water partition coefficient (Wildman–Crippen LogP) is 1.61. The summed E-state index contributed by atoms with van der Waals surface area (Å²) in [6.07, 6.45) is 0. The minimum atomic E-state index is -0.689. The van der Waals surface area contributed by atoms with Crippen LogP contribution in [0.3, 0.4) is 0 Å². The van der Waals surface area contributed by atoms with Crippen molar-refractivity contribution in [2.45, 2.75) is 26.4 Å². The smallest absolute Gasteiger partial charge is 0.338 e. The molecule has 0 spiro atoms. The first-order valence-electron chi connectivity index (χ1n) is 4.39. The van der Waals surface area contributed by atoms with Gasteiger partial charge in [-0.1, -0.05) is 13.2 Å². The molecule has 0 atom stereocenters. The van der Waals surface area contributed by atoms with Gasteiger partial charge in [0.1, 0.15) is 5.60 Å². The molecule has 0 aliphatic heterocycles. The van der Waals surface area contributed by atoms with Crippen molar-refractivity contribution in [1.29, 1.82) is 0 Å². The zero-order valence-electron chi connectivity index (χ0n) is 9.55. The highest BCUT2D eigenvalue weighted by Crippen LogP contribution is 2.14. The lowest BCUT2D eigenvalue weighted by atomic mass is 10.1. The van der Waals surface area contributed by atoms with Gasteiger partial charge in [-0.25, -0.2) is 9.59 Å². The number of methoxy groups -OCH3 is 1. The van der Waals surface area contributed by atoms with E-state index in [0.717, 1.165) is 0 Å². The SMILES string of the molecule is C=C(C(=C)C(=O)OC(C)(C)C)C(=O)OC. The molecule has 0 unspecified atom stereocenters. The molecule has 0 fully saturated rings. The van der Waals surface area contributed by atoms with Gasteiger partial charge in [0.2, 0.25) is 0 Å². The summed E-state index contributed by atoms with van der Waals surface area (Å²) in [6, 6.07) is 0. The summed E-state index contributed by atoms with van der Waals surface area (Å²) < 4.78 is 9.41. The van der Waals surface area contributed by atoms with Crippen LogP contribution in [-0.2, 0) is 19.1 Å². The fraction of sp³-hybridized carbons (Fsp3) is 0.455. The van der Waals surface area contributed by atoms with Crippen LogP contribution in [0.1, 0.15) is 20.8 Å². The summed E-state index contributed by atoms with van der Waals surface area (Å²) in [5.41, 5.74) is -0.806. The molecule has 0 saturated carbocycles. The van der Waals surface area contributed by atoms with E-state index in [4.69, 9.17) is 4.74 Å². The van der Waals surface area contributed by atoms with Crippen molar-refractivity contribution < 1.29 is 19.1 Å². The normalized spacial score (nSPS) is 10.4. The third-order valence-electron chi connectivity index (χ3n) is 1.44. The van der Waals surface area contributed by atoms with E-state index in [2.05, 4.69) is 17.9 Å². The molecule has 4 nitrogen and oxygen atoms in total. The van der Waals surface area contributed by atoms with E-state index in [1.807, 2.05) is 0 Å². The molecule has 0 aromatic rings. The maximum absolute atomic E-state index is 11.4. The molecule has 0 aliphatic rings. The maximum Gasteiger partial charge on any atom is 0.338 e. The van der Waals surface area contributed by atoms with E-state index >= 15 is 0 Å². The van der Waals surface area contributed by atoms with Gasteiger partial charge in [-0.3, -0.25) is 0 Å². The minimum Gasteiger partial charge on any atom is -0.465 e. The standard InChI is InChI=1S/C11H16O4/c1-7(9(12)14-6)8(2)10(13)15-11(3,4)5/h1-2H2,3-6H3. The van der Waals surface area contributed by atoms with Crippen molar-refractivity contribution in [2.75, 3.05) is 7.11 Å². The zero-order chi connectivity index (χ0) is 12.2. The van der Waals surface area contributed by atoms with Crippen LogP contribution < -0.4 is 0 Å². The highest BCUT2D eigenvalue weighted by Gasteiger charge is 2.23. The van der Waals surface area contributed by atoms with Crippen molar-refractivity contribution in [3.8, 4) is 0 Å². The summed E-state index contributed by atoms with van der Waals surface area (Å²) in [7, 11) is 1.20. The molecular weight excluding hydrogens is 196 g/mol. The summed E-state index contributed by atoms with van der Waals surface area (Å²) in [6.45, 7) is 12.0. The largest absolute Gasteiger partial charge is 0.465 e. The molecule has 15 heavy (non-hydrogen) atoms. The van der Waals surface area contributed by atoms with Crippen LogP contribution in [0.25, 0.3) is 0 Å². The Balaban J connectivity index is 4.54. The Morgan fingerprint density at radius 3 is 1.73 bits per heavy atom. The molecule has 0 N–H and O–H groups in total. The van der Waals surface area contributed by atoms with Crippen LogP contribution in [0.4, 0.5) is 0 Å². The van der Waals surface area contributed by atoms with E-state index in [0.29, 0.717) is 0 Å². The van der Waals surface area contributed by atoms with E-state index < -0.39 is 17.5 Å². The van der Waals surface area contributed by atoms with Gasteiger partial charge in [-0.2, -0.15) is 0 Å². The summed E-state index contributed by atoms with van der Waals surface area (Å²) in [5, 5.41) is 0. The molecule has 0 aromatic heterocycles. The van der Waals surface area contributed by atoms with Gasteiger partial charge < -0.3 is 9.47 Å². The molecule has 0 amide bonds. The fourth-order valence-electron chi connectivity index (χ4n) is 0.709. The third kappa shape index (κ3) is 4.44. The topological polar surface area (TPSA) is 52.6 Å². The van der Waals surface area contributed by atoms with Crippen LogP contribution in [0.2, 0.25) is 0 Å². The Bertz CT molecular complexity index is 307. The molecule has 4 heteroatoms. The second-order valence-electron chi connectivity index (χ2n) is 3.95. The van der Waals surface area contributed by atoms with Gasteiger partial charge in [-0.05, 0) is 20.8 Å². The lowest BCUT2D eigenvalue weighted by Crippen LogP contribution is -2.26. The molecule has 0 saturated heterocycles. The molecule has 0 bridgehead atoms. The number of ether oxygens (including phenoxy) is 2. The Hall–Kier alpha value is -1.58. The molecule has 0 aromatic carbocycles. The molecule has 84 valence electrons. The first-order chi connectivity index (χ1) is 6.69. The van der Waals surface area contributed by atoms with Gasteiger partial charge in [0.05, 0.1) is 18.3 Å². The summed E-state index contributed by atoms with van der Waals surface area (Å²) in [5.74, 6) is -1.36. The quantitative estimate of drug-likeness (QED) is 0.405. The number of hydrogen-bond donors (Lipinski definition) is 0. The molecule has 0 rings (SSSR count). The van der Waals surface area contributed by atoms with Gasteiger partial charge >= 0.3 is 11.9 Å². The second kappa shape index (κ2) is 4.77. The maximum atomic E-state index is 11.4. The molecule has 0 heterocycles. The van der Waals surface area contributed by atoms with Crippen molar-refractivity contribution in [3.63, 3.8) is 0 Å². The van der Waals surface area contributed by atoms with Crippen LogP contribution in [0.5, 0.6) is 0 Å². The second-order valence-corrected chi connectivity index (χ2v) is 3.95. The van der Waals surface area contributed by atoms with Crippen LogP contribution in [-0.4, -0.2) is 24.6 Å². The third-order valence-corrected chi connectivity index (χ3v) is 1.44. The van der Waals surface area contributed by atoms with E-state index in [-0.39, 0.29) is 11.1 Å². The molecule has 0 radical (unpaired) electrons. The first-order valence-corrected chi connectivity index (χ1v) is 4.39. The monoisotopic (exact) mass is 212 g/mol. The summed E-state index contributed by atoms with van der Waals surface area (Å²) in [4.78, 5) is 22.5. The highest BCUT2D eigenvalue weighted by molar-refractivity contribution is 6.06. The van der Waals surface area contributed by atoms with E-state index in [1.54, 1.807) is 20.8 Å². The Labute approximate surface area is 89.6 Å². The van der Waals surface area contributed by atoms with Crippen LogP contribution in [0, 0.1) is 0 Å². The van der Waals surface area contributed by atoms with Gasteiger partial charge in [0, 0.05) is 0 Å². The van der Waals surface area contributed by atoms with Gasteiger partial charge in [0.25, 0.3) is 0 Å². The van der Waals surface area contributed by atoms with Gasteiger partial charge in [0.15, 0.2) is 0 Å². The Morgan fingerprint density at radius 2 is 1.40 bits per heavy atom. The first kappa shape index (κ1) is 13.4. The number of esters is 2. The number of carbonyl (C=O) groups excluding carboxylic acids is 2. The lowest BCUT2D eigenvalue weighted by Gasteiger charge is -2.20. The van der Waals surface area contributed by atoms with Crippen LogP contribution in [0.15, 0.2) is 24.3 Å². The Kier molecular flexibility index (Phi) is 4.27. The number of hydrogen-bond acceptors (Lipinski definition) is 4. The fourth-order valence-corrected chi connectivity index (χ4v) is 0.709. The predicted molar refractivity (Wildman–Crippen MR) is 56.1 cm³/mol. The average Bonchev–Trinajstić information content (AvgIpc) is 2.11. The number of rotatable bonds is 3. The van der Waals surface area contributed by atoms with Crippen molar-refractivity contribution >= 4 is 11.9 Å². The van der Waals surface area contributed by atoms with E-state index in [1.165, 1.54) is 7.11 Å². The lowest BCUT2D eigenvalue weighted by molar-refractivity contribution is -0.150.